The molecule has 0 saturated carbocycles. The van der Waals surface area contributed by atoms with Crippen LogP contribution in [0.3, 0.4) is 0 Å². The van der Waals surface area contributed by atoms with Crippen LogP contribution in [0.4, 0.5) is 10.1 Å². The lowest BCUT2D eigenvalue weighted by atomic mass is 9.86. The van der Waals surface area contributed by atoms with Gasteiger partial charge in [0.05, 0.1) is 17.8 Å². The summed E-state index contributed by atoms with van der Waals surface area (Å²) in [6.45, 7) is 3.04. The lowest BCUT2D eigenvalue weighted by Crippen LogP contribution is -2.43. The lowest BCUT2D eigenvalue weighted by Gasteiger charge is -2.37. The molecule has 3 aliphatic rings. The van der Waals surface area contributed by atoms with Crippen molar-refractivity contribution in [1.82, 2.24) is 24.9 Å². The highest BCUT2D eigenvalue weighted by atomic mass is 79.9. The van der Waals surface area contributed by atoms with Gasteiger partial charge in [0.2, 0.25) is 11.8 Å². The third kappa shape index (κ3) is 7.49. The molecule has 248 valence electrons. The number of rotatable bonds is 7. The summed E-state index contributed by atoms with van der Waals surface area (Å²) in [5.41, 5.74) is 3.56. The number of nitrogens with one attached hydrogen (secondary N) is 2. The van der Waals surface area contributed by atoms with Crippen molar-refractivity contribution in [2.75, 3.05) is 38.5 Å². The van der Waals surface area contributed by atoms with Crippen molar-refractivity contribution in [2.45, 2.75) is 56.4 Å². The molecule has 6 rings (SSSR count). The maximum Gasteiger partial charge on any atom is 0.282 e. The van der Waals surface area contributed by atoms with Crippen molar-refractivity contribution >= 4 is 39.3 Å². The van der Waals surface area contributed by atoms with Crippen LogP contribution in [0.25, 0.3) is 0 Å². The zero-order valence-electron chi connectivity index (χ0n) is 26.7. The summed E-state index contributed by atoms with van der Waals surface area (Å²) in [7, 11) is 3.71. The molecule has 0 radical (unpaired) electrons. The molecule has 1 aromatic heterocycles. The van der Waals surface area contributed by atoms with E-state index < -0.39 is 17.6 Å². The second-order valence-electron chi connectivity index (χ2n) is 13.2. The summed E-state index contributed by atoms with van der Waals surface area (Å²) < 4.78 is 16.8. The molecule has 0 bridgehead atoms. The van der Waals surface area contributed by atoms with Gasteiger partial charge in [0.15, 0.2) is 0 Å². The number of hydrogen-bond acceptors (Lipinski definition) is 7. The fraction of sp³-hybridized carbons (Fsp3) is 0.457. The van der Waals surface area contributed by atoms with Crippen LogP contribution in [0.5, 0.6) is 0 Å². The van der Waals surface area contributed by atoms with Gasteiger partial charge >= 0.3 is 0 Å². The van der Waals surface area contributed by atoms with Gasteiger partial charge in [0, 0.05) is 56.8 Å². The number of amides is 3. The highest BCUT2D eigenvalue weighted by Crippen LogP contribution is 2.31. The first-order valence-electron chi connectivity index (χ1n) is 16.2. The number of piperidine rings is 3. The van der Waals surface area contributed by atoms with Crippen LogP contribution in [0.15, 0.2) is 57.9 Å². The number of likely N-dealkylation sites (N-methyl/N-ethyl adjacent to an activating group) is 1. The molecule has 47 heavy (non-hydrogen) atoms. The smallest absolute Gasteiger partial charge is 0.282 e. The summed E-state index contributed by atoms with van der Waals surface area (Å²) in [5.74, 6) is -1.17. The highest BCUT2D eigenvalue weighted by molar-refractivity contribution is 9.10. The number of carbonyl (C=O) groups excluding carboxylic acids is 3. The third-order valence-corrected chi connectivity index (χ3v) is 10.6. The van der Waals surface area contributed by atoms with Crippen molar-refractivity contribution in [3.63, 3.8) is 0 Å². The van der Waals surface area contributed by atoms with E-state index in [1.165, 1.54) is 16.3 Å². The molecule has 3 aromatic rings. The third-order valence-electron chi connectivity index (χ3n) is 9.81. The van der Waals surface area contributed by atoms with E-state index in [2.05, 4.69) is 55.7 Å². The van der Waals surface area contributed by atoms with E-state index in [4.69, 9.17) is 0 Å². The number of halogens is 2. The summed E-state index contributed by atoms with van der Waals surface area (Å²) >= 11 is 3.41. The Labute approximate surface area is 281 Å². The Hall–Kier alpha value is -3.90. The Morgan fingerprint density at radius 1 is 1.04 bits per heavy atom. The summed E-state index contributed by atoms with van der Waals surface area (Å²) in [5, 5.41) is 9.93. The van der Waals surface area contributed by atoms with Crippen LogP contribution >= 0.6 is 15.9 Å². The lowest BCUT2D eigenvalue weighted by molar-refractivity contribution is -0.134. The maximum absolute atomic E-state index is 15.0. The van der Waals surface area contributed by atoms with Gasteiger partial charge in [-0.05, 0) is 96.2 Å². The molecule has 10 nitrogen and oxygen atoms in total. The normalized spacial score (nSPS) is 22.6. The molecule has 0 spiro atoms. The maximum atomic E-state index is 15.0. The van der Waals surface area contributed by atoms with Gasteiger partial charge in [-0.2, -0.15) is 5.10 Å². The molecule has 2 aromatic carbocycles. The first kappa shape index (κ1) is 33.0. The molecule has 4 heterocycles. The minimum Gasteiger partial charge on any atom is -0.379 e. The number of aryl methyl sites for hydroxylation is 1. The van der Waals surface area contributed by atoms with Gasteiger partial charge in [0.1, 0.15) is 10.3 Å². The fourth-order valence-electron chi connectivity index (χ4n) is 7.22. The van der Waals surface area contributed by atoms with E-state index in [1.54, 1.807) is 19.3 Å². The SMILES string of the molecule is CN1C[C@@H](Nc2cnn(C)c(=O)c2Br)C[C@@H](c2ccc(C(=O)N3CCC(Cc4ccc(C5CCC(=O)NC5=O)c(F)c4)CC3)cc2)C1. The number of benzene rings is 2. The molecule has 0 aliphatic carbocycles. The van der Waals surface area contributed by atoms with Crippen LogP contribution in [0.2, 0.25) is 0 Å². The fourth-order valence-corrected chi connectivity index (χ4v) is 7.69. The van der Waals surface area contributed by atoms with Crippen LogP contribution in [-0.4, -0.2) is 76.6 Å². The van der Waals surface area contributed by atoms with Crippen molar-refractivity contribution in [3.05, 3.63) is 91.6 Å². The molecule has 12 heteroatoms. The quantitative estimate of drug-likeness (QED) is 0.354. The molecule has 3 fully saturated rings. The van der Waals surface area contributed by atoms with Crippen molar-refractivity contribution in [3.8, 4) is 0 Å². The monoisotopic (exact) mass is 706 g/mol. The Morgan fingerprint density at radius 2 is 1.79 bits per heavy atom. The molecular weight excluding hydrogens is 667 g/mol. The van der Waals surface area contributed by atoms with E-state index in [9.17, 15) is 23.6 Å². The largest absolute Gasteiger partial charge is 0.379 e. The van der Waals surface area contributed by atoms with Crippen molar-refractivity contribution in [2.24, 2.45) is 13.0 Å². The van der Waals surface area contributed by atoms with E-state index in [1.807, 2.05) is 23.1 Å². The summed E-state index contributed by atoms with van der Waals surface area (Å²) in [4.78, 5) is 53.5. The Balaban J connectivity index is 1.01. The minimum atomic E-state index is -0.638. The molecular formula is C35H40BrFN6O4. The molecule has 3 aliphatic heterocycles. The molecule has 3 amide bonds. The number of hydrogen-bond donors (Lipinski definition) is 2. The first-order chi connectivity index (χ1) is 22.5. The number of carbonyl (C=O) groups is 3. The highest BCUT2D eigenvalue weighted by Gasteiger charge is 2.31. The first-order valence-corrected chi connectivity index (χ1v) is 17.0. The van der Waals surface area contributed by atoms with Gasteiger partial charge in [-0.1, -0.05) is 24.3 Å². The van der Waals surface area contributed by atoms with Crippen LogP contribution in [0, 0.1) is 11.7 Å². The summed E-state index contributed by atoms with van der Waals surface area (Å²) in [6.07, 6.45) is 5.47. The minimum absolute atomic E-state index is 0.0259. The Bertz CT molecular complexity index is 1720. The summed E-state index contributed by atoms with van der Waals surface area (Å²) in [6, 6.07) is 13.2. The standard InChI is InChI=1S/C35H40BrFN6O4/c1-41-19-25(17-26(20-41)39-30-18-38-42(2)35(47)32(30)36)23-4-6-24(7-5-23)34(46)43-13-11-21(12-14-43)15-22-3-8-27(29(37)16-22)28-9-10-31(44)40-33(28)45/h3-8,16,18,21,25-26,28,39H,9-15,17,19-20H2,1-2H3,(H,40,44,45)/t25-,26+,28?/m1/s1. The molecule has 3 atom stereocenters. The molecule has 2 N–H and O–H groups in total. The number of anilines is 1. The van der Waals surface area contributed by atoms with E-state index in [-0.39, 0.29) is 35.8 Å². The second-order valence-corrected chi connectivity index (χ2v) is 14.0. The predicted octanol–water partition coefficient (Wildman–Crippen LogP) is 4.20. The van der Waals surface area contributed by atoms with Gasteiger partial charge in [-0.15, -0.1) is 0 Å². The van der Waals surface area contributed by atoms with Crippen LogP contribution in [-0.2, 0) is 23.1 Å². The van der Waals surface area contributed by atoms with Gasteiger partial charge in [0.25, 0.3) is 11.5 Å². The van der Waals surface area contributed by atoms with Crippen LogP contribution in [0.1, 0.15) is 71.0 Å². The van der Waals surface area contributed by atoms with Gasteiger partial charge in [-0.3, -0.25) is 24.5 Å². The van der Waals surface area contributed by atoms with Gasteiger partial charge in [-0.25, -0.2) is 9.07 Å². The van der Waals surface area contributed by atoms with Crippen molar-refractivity contribution in [1.29, 1.82) is 0 Å². The average molecular weight is 708 g/mol. The van der Waals surface area contributed by atoms with Crippen molar-refractivity contribution < 1.29 is 18.8 Å². The predicted molar refractivity (Wildman–Crippen MR) is 180 cm³/mol. The molecule has 3 saturated heterocycles. The van der Waals surface area contributed by atoms with Gasteiger partial charge < -0.3 is 15.1 Å². The number of aromatic nitrogens is 2. The number of likely N-dealkylation sites (tertiary alicyclic amines) is 2. The zero-order valence-corrected chi connectivity index (χ0v) is 28.3. The average Bonchev–Trinajstić information content (AvgIpc) is 3.05. The van der Waals surface area contributed by atoms with E-state index in [0.717, 1.165) is 37.9 Å². The number of imide groups is 1. The molecule has 1 unspecified atom stereocenters. The Kier molecular flexibility index (Phi) is 9.88. The number of nitrogens with zero attached hydrogens (tertiary/aromatic N) is 4. The van der Waals surface area contributed by atoms with E-state index in [0.29, 0.717) is 53.1 Å². The topological polar surface area (TPSA) is 117 Å². The second kappa shape index (κ2) is 14.1. The zero-order chi connectivity index (χ0) is 33.2. The van der Waals surface area contributed by atoms with E-state index >= 15 is 0 Å². The Morgan fingerprint density at radius 3 is 2.49 bits per heavy atom. The van der Waals surface area contributed by atoms with Crippen LogP contribution < -0.4 is 16.2 Å².